The smallest absolute Gasteiger partial charge is 0.165 e. The number of methoxy groups -OCH3 is 1. The van der Waals surface area contributed by atoms with E-state index in [-0.39, 0.29) is 24.6 Å². The highest BCUT2D eigenvalue weighted by molar-refractivity contribution is 5.35. The van der Waals surface area contributed by atoms with Gasteiger partial charge >= 0.3 is 0 Å². The molecule has 1 aromatic carbocycles. The van der Waals surface area contributed by atoms with Crippen molar-refractivity contribution in [2.75, 3.05) is 7.11 Å². The summed E-state index contributed by atoms with van der Waals surface area (Å²) in [5, 5.41) is 0. The van der Waals surface area contributed by atoms with E-state index in [1.54, 1.807) is 19.2 Å². The van der Waals surface area contributed by atoms with Gasteiger partial charge in [0.1, 0.15) is 6.10 Å². The molecule has 4 heteroatoms. The molecule has 1 aliphatic carbocycles. The predicted octanol–water partition coefficient (Wildman–Crippen LogP) is 2.62. The Morgan fingerprint density at radius 1 is 1.33 bits per heavy atom. The van der Waals surface area contributed by atoms with Gasteiger partial charge in [-0.05, 0) is 25.3 Å². The molecule has 1 aromatic rings. The molecule has 18 heavy (non-hydrogen) atoms. The summed E-state index contributed by atoms with van der Waals surface area (Å²) in [6.07, 6.45) is 4.10. The van der Waals surface area contributed by atoms with Crippen molar-refractivity contribution in [1.82, 2.24) is 0 Å². The van der Waals surface area contributed by atoms with Crippen LogP contribution in [0.1, 0.15) is 31.2 Å². The van der Waals surface area contributed by atoms with Gasteiger partial charge in [0.25, 0.3) is 0 Å². The number of hydrogen-bond acceptors (Lipinski definition) is 3. The Morgan fingerprint density at radius 2 is 2.11 bits per heavy atom. The van der Waals surface area contributed by atoms with Crippen molar-refractivity contribution in [2.24, 2.45) is 5.73 Å². The predicted molar refractivity (Wildman–Crippen MR) is 68.0 cm³/mol. The standard InChI is InChI=1S/C14H20FNO2/c1-17-11-5-3-6-12(8-11)18-14-10(9-16)4-2-7-13(14)15/h2,4,7,11-12H,3,5-6,8-9,16H2,1H3. The van der Waals surface area contributed by atoms with E-state index in [2.05, 4.69) is 0 Å². The van der Waals surface area contributed by atoms with Crippen LogP contribution in [-0.2, 0) is 11.3 Å². The molecule has 0 heterocycles. The fourth-order valence-electron chi connectivity index (χ4n) is 2.44. The summed E-state index contributed by atoms with van der Waals surface area (Å²) >= 11 is 0. The van der Waals surface area contributed by atoms with Gasteiger partial charge in [0.15, 0.2) is 11.6 Å². The van der Waals surface area contributed by atoms with Crippen molar-refractivity contribution in [3.05, 3.63) is 29.6 Å². The largest absolute Gasteiger partial charge is 0.487 e. The van der Waals surface area contributed by atoms with Gasteiger partial charge in [-0.3, -0.25) is 0 Å². The second-order valence-electron chi connectivity index (χ2n) is 4.70. The van der Waals surface area contributed by atoms with Gasteiger partial charge in [0.05, 0.1) is 6.10 Å². The summed E-state index contributed by atoms with van der Waals surface area (Å²) in [6, 6.07) is 4.86. The van der Waals surface area contributed by atoms with E-state index < -0.39 is 0 Å². The molecular weight excluding hydrogens is 233 g/mol. The molecule has 0 spiro atoms. The average Bonchev–Trinajstić information content (AvgIpc) is 2.41. The van der Waals surface area contributed by atoms with Crippen LogP contribution >= 0.6 is 0 Å². The van der Waals surface area contributed by atoms with Crippen molar-refractivity contribution >= 4 is 0 Å². The zero-order valence-electron chi connectivity index (χ0n) is 10.7. The van der Waals surface area contributed by atoms with Crippen LogP contribution in [0.3, 0.4) is 0 Å². The fraction of sp³-hybridized carbons (Fsp3) is 0.571. The van der Waals surface area contributed by atoms with E-state index in [9.17, 15) is 4.39 Å². The molecule has 100 valence electrons. The van der Waals surface area contributed by atoms with E-state index in [4.69, 9.17) is 15.2 Å². The summed E-state index contributed by atoms with van der Waals surface area (Å²) in [4.78, 5) is 0. The highest BCUT2D eigenvalue weighted by Crippen LogP contribution is 2.29. The maximum atomic E-state index is 13.8. The molecule has 0 amide bonds. The van der Waals surface area contributed by atoms with E-state index in [1.807, 2.05) is 0 Å². The third-order valence-corrected chi connectivity index (χ3v) is 3.46. The summed E-state index contributed by atoms with van der Waals surface area (Å²) in [5.74, 6) is -0.0285. The Kier molecular flexibility index (Phi) is 4.55. The number of ether oxygens (including phenoxy) is 2. The second-order valence-corrected chi connectivity index (χ2v) is 4.70. The van der Waals surface area contributed by atoms with E-state index in [0.29, 0.717) is 5.75 Å². The molecular formula is C14H20FNO2. The molecule has 0 bridgehead atoms. The molecule has 0 aromatic heterocycles. The lowest BCUT2D eigenvalue weighted by molar-refractivity contribution is 0.0194. The fourth-order valence-corrected chi connectivity index (χ4v) is 2.44. The Hall–Kier alpha value is -1.13. The third-order valence-electron chi connectivity index (χ3n) is 3.46. The minimum Gasteiger partial charge on any atom is -0.487 e. The average molecular weight is 253 g/mol. The highest BCUT2D eigenvalue weighted by Gasteiger charge is 2.24. The molecule has 2 N–H and O–H groups in total. The molecule has 2 atom stereocenters. The lowest BCUT2D eigenvalue weighted by Crippen LogP contribution is -2.30. The van der Waals surface area contributed by atoms with Gasteiger partial charge in [-0.25, -0.2) is 4.39 Å². The van der Waals surface area contributed by atoms with Crippen LogP contribution in [-0.4, -0.2) is 19.3 Å². The number of para-hydroxylation sites is 1. The maximum Gasteiger partial charge on any atom is 0.165 e. The molecule has 2 unspecified atom stereocenters. The molecule has 0 aliphatic heterocycles. The summed E-state index contributed by atoms with van der Waals surface area (Å²) in [5.41, 5.74) is 6.32. The number of benzene rings is 1. The number of nitrogens with two attached hydrogens (primary N) is 1. The van der Waals surface area contributed by atoms with Crippen LogP contribution in [0.25, 0.3) is 0 Å². The van der Waals surface area contributed by atoms with Crippen molar-refractivity contribution < 1.29 is 13.9 Å². The monoisotopic (exact) mass is 253 g/mol. The number of halogens is 1. The van der Waals surface area contributed by atoms with Gasteiger partial charge in [-0.2, -0.15) is 0 Å². The van der Waals surface area contributed by atoms with Crippen LogP contribution < -0.4 is 10.5 Å². The number of rotatable bonds is 4. The minimum atomic E-state index is -0.336. The quantitative estimate of drug-likeness (QED) is 0.897. The van der Waals surface area contributed by atoms with Crippen molar-refractivity contribution in [2.45, 2.75) is 44.4 Å². The first-order valence-corrected chi connectivity index (χ1v) is 6.41. The molecule has 2 rings (SSSR count). The minimum absolute atomic E-state index is 0.0194. The van der Waals surface area contributed by atoms with Crippen molar-refractivity contribution in [3.63, 3.8) is 0 Å². The molecule has 1 saturated carbocycles. The first kappa shape index (κ1) is 13.3. The third kappa shape index (κ3) is 3.00. The summed E-state index contributed by atoms with van der Waals surface area (Å²) in [7, 11) is 1.71. The number of hydrogen-bond donors (Lipinski definition) is 1. The molecule has 0 radical (unpaired) electrons. The SMILES string of the molecule is COC1CCCC(Oc2c(F)cccc2CN)C1. The Morgan fingerprint density at radius 3 is 2.83 bits per heavy atom. The topological polar surface area (TPSA) is 44.5 Å². The molecule has 1 aliphatic rings. The zero-order valence-corrected chi connectivity index (χ0v) is 10.7. The van der Waals surface area contributed by atoms with Gasteiger partial charge in [0.2, 0.25) is 0 Å². The van der Waals surface area contributed by atoms with Crippen LogP contribution in [0.5, 0.6) is 5.75 Å². The summed E-state index contributed by atoms with van der Waals surface area (Å²) < 4.78 is 24.9. The maximum absolute atomic E-state index is 13.8. The van der Waals surface area contributed by atoms with E-state index >= 15 is 0 Å². The lowest BCUT2D eigenvalue weighted by atomic mass is 9.95. The normalized spacial score (nSPS) is 23.9. The second kappa shape index (κ2) is 6.16. The van der Waals surface area contributed by atoms with Crippen LogP contribution in [0.2, 0.25) is 0 Å². The molecule has 1 fully saturated rings. The zero-order chi connectivity index (χ0) is 13.0. The molecule has 3 nitrogen and oxygen atoms in total. The van der Waals surface area contributed by atoms with E-state index in [1.165, 1.54) is 6.07 Å². The van der Waals surface area contributed by atoms with Crippen molar-refractivity contribution in [3.8, 4) is 5.75 Å². The van der Waals surface area contributed by atoms with Crippen LogP contribution in [0.4, 0.5) is 4.39 Å². The van der Waals surface area contributed by atoms with E-state index in [0.717, 1.165) is 31.2 Å². The van der Waals surface area contributed by atoms with Crippen LogP contribution in [0, 0.1) is 5.82 Å². The first-order chi connectivity index (χ1) is 8.74. The Bertz CT molecular complexity index is 397. The van der Waals surface area contributed by atoms with Crippen molar-refractivity contribution in [1.29, 1.82) is 0 Å². The Balaban J connectivity index is 2.09. The van der Waals surface area contributed by atoms with Gasteiger partial charge in [0, 0.05) is 25.6 Å². The molecule has 0 saturated heterocycles. The highest BCUT2D eigenvalue weighted by atomic mass is 19.1. The first-order valence-electron chi connectivity index (χ1n) is 6.41. The Labute approximate surface area is 107 Å². The van der Waals surface area contributed by atoms with Gasteiger partial charge < -0.3 is 15.2 Å². The summed E-state index contributed by atoms with van der Waals surface area (Å²) in [6.45, 7) is 0.285. The lowest BCUT2D eigenvalue weighted by Gasteiger charge is -2.29. The van der Waals surface area contributed by atoms with Gasteiger partial charge in [-0.1, -0.05) is 12.1 Å². The van der Waals surface area contributed by atoms with Gasteiger partial charge in [-0.15, -0.1) is 0 Å². The van der Waals surface area contributed by atoms with Crippen LogP contribution in [0.15, 0.2) is 18.2 Å².